The SMILES string of the molecule is CCCCCCN=C(N)NCCC1(C)OCCO1. The number of nitrogens with two attached hydrogens (primary N) is 1. The van der Waals surface area contributed by atoms with Crippen molar-refractivity contribution >= 4 is 5.96 Å². The summed E-state index contributed by atoms with van der Waals surface area (Å²) in [4.78, 5) is 4.28. The van der Waals surface area contributed by atoms with Gasteiger partial charge in [-0.3, -0.25) is 4.99 Å². The average Bonchev–Trinajstić information content (AvgIpc) is 2.76. The molecule has 0 amide bonds. The monoisotopic (exact) mass is 257 g/mol. The summed E-state index contributed by atoms with van der Waals surface area (Å²) in [5.41, 5.74) is 5.77. The normalized spacial score (nSPS) is 19.1. The van der Waals surface area contributed by atoms with Crippen LogP contribution in [0.2, 0.25) is 0 Å². The van der Waals surface area contributed by atoms with Crippen molar-refractivity contribution in [1.82, 2.24) is 5.32 Å². The molecule has 5 heteroatoms. The topological polar surface area (TPSA) is 68.9 Å². The fraction of sp³-hybridized carbons (Fsp3) is 0.923. The molecule has 0 spiro atoms. The van der Waals surface area contributed by atoms with Crippen LogP contribution in [0.3, 0.4) is 0 Å². The van der Waals surface area contributed by atoms with E-state index in [0.717, 1.165) is 25.9 Å². The molecular formula is C13H27N3O2. The van der Waals surface area contributed by atoms with Crippen molar-refractivity contribution in [2.24, 2.45) is 10.7 Å². The van der Waals surface area contributed by atoms with Crippen LogP contribution >= 0.6 is 0 Å². The highest BCUT2D eigenvalue weighted by atomic mass is 16.7. The van der Waals surface area contributed by atoms with E-state index in [4.69, 9.17) is 15.2 Å². The molecule has 3 N–H and O–H groups in total. The highest BCUT2D eigenvalue weighted by Gasteiger charge is 2.30. The molecule has 1 aliphatic rings. The number of unbranched alkanes of at least 4 members (excludes halogenated alkanes) is 3. The van der Waals surface area contributed by atoms with Gasteiger partial charge in [-0.25, -0.2) is 0 Å². The molecule has 0 aromatic carbocycles. The standard InChI is InChI=1S/C13H27N3O2/c1-3-4-5-6-8-15-12(14)16-9-7-13(2)17-10-11-18-13/h3-11H2,1-2H3,(H3,14,15,16). The number of guanidine groups is 1. The lowest BCUT2D eigenvalue weighted by molar-refractivity contribution is -0.145. The summed E-state index contributed by atoms with van der Waals surface area (Å²) in [5.74, 6) is 0.0714. The number of ether oxygens (including phenoxy) is 2. The van der Waals surface area contributed by atoms with Crippen molar-refractivity contribution in [3.05, 3.63) is 0 Å². The summed E-state index contributed by atoms with van der Waals surface area (Å²) in [6.45, 7) is 7.05. The third kappa shape index (κ3) is 6.21. The van der Waals surface area contributed by atoms with Crippen LogP contribution in [0.5, 0.6) is 0 Å². The smallest absolute Gasteiger partial charge is 0.188 e. The van der Waals surface area contributed by atoms with E-state index < -0.39 is 5.79 Å². The Morgan fingerprint density at radius 3 is 2.67 bits per heavy atom. The van der Waals surface area contributed by atoms with Crippen LogP contribution in [0.1, 0.15) is 46.0 Å². The molecule has 106 valence electrons. The Labute approximate surface area is 110 Å². The largest absolute Gasteiger partial charge is 0.370 e. The number of nitrogens with zero attached hydrogens (tertiary/aromatic N) is 1. The number of hydrogen-bond acceptors (Lipinski definition) is 3. The Balaban J connectivity index is 2.05. The van der Waals surface area contributed by atoms with Gasteiger partial charge in [0.15, 0.2) is 11.7 Å². The molecule has 1 rings (SSSR count). The molecule has 0 bridgehead atoms. The molecule has 0 aliphatic carbocycles. The van der Waals surface area contributed by atoms with Crippen molar-refractivity contribution in [1.29, 1.82) is 0 Å². The third-order valence-electron chi connectivity index (χ3n) is 3.08. The first-order valence-electron chi connectivity index (χ1n) is 6.98. The fourth-order valence-electron chi connectivity index (χ4n) is 1.91. The summed E-state index contributed by atoms with van der Waals surface area (Å²) >= 11 is 0. The zero-order valence-corrected chi connectivity index (χ0v) is 11.7. The fourth-order valence-corrected chi connectivity index (χ4v) is 1.91. The Bertz CT molecular complexity index is 251. The molecule has 1 saturated heterocycles. The second kappa shape index (κ2) is 8.32. The maximum absolute atomic E-state index is 5.77. The van der Waals surface area contributed by atoms with Gasteiger partial charge in [0.25, 0.3) is 0 Å². The lowest BCUT2D eigenvalue weighted by Gasteiger charge is -2.22. The van der Waals surface area contributed by atoms with Gasteiger partial charge in [0, 0.05) is 19.5 Å². The summed E-state index contributed by atoms with van der Waals surface area (Å²) < 4.78 is 11.0. The molecule has 0 atom stereocenters. The van der Waals surface area contributed by atoms with Gasteiger partial charge in [-0.05, 0) is 13.3 Å². The van der Waals surface area contributed by atoms with Gasteiger partial charge in [0.2, 0.25) is 0 Å². The molecule has 0 unspecified atom stereocenters. The maximum Gasteiger partial charge on any atom is 0.188 e. The van der Waals surface area contributed by atoms with E-state index >= 15 is 0 Å². The molecule has 5 nitrogen and oxygen atoms in total. The second-order valence-electron chi connectivity index (χ2n) is 4.84. The van der Waals surface area contributed by atoms with Crippen molar-refractivity contribution in [3.63, 3.8) is 0 Å². The van der Waals surface area contributed by atoms with Crippen LogP contribution in [0.4, 0.5) is 0 Å². The van der Waals surface area contributed by atoms with E-state index in [1.807, 2.05) is 6.92 Å². The summed E-state index contributed by atoms with van der Waals surface area (Å²) in [6, 6.07) is 0. The zero-order chi connectivity index (χ0) is 13.3. The van der Waals surface area contributed by atoms with Gasteiger partial charge >= 0.3 is 0 Å². The lowest BCUT2D eigenvalue weighted by atomic mass is 10.2. The first-order valence-corrected chi connectivity index (χ1v) is 6.98. The van der Waals surface area contributed by atoms with Gasteiger partial charge < -0.3 is 20.5 Å². The average molecular weight is 257 g/mol. The molecular weight excluding hydrogens is 230 g/mol. The van der Waals surface area contributed by atoms with Gasteiger partial charge in [0.1, 0.15) is 0 Å². The van der Waals surface area contributed by atoms with E-state index in [-0.39, 0.29) is 0 Å². The summed E-state index contributed by atoms with van der Waals surface area (Å²) in [7, 11) is 0. The van der Waals surface area contributed by atoms with Crippen LogP contribution in [-0.4, -0.2) is 38.0 Å². The predicted molar refractivity (Wildman–Crippen MR) is 73.6 cm³/mol. The number of rotatable bonds is 8. The van der Waals surface area contributed by atoms with Crippen molar-refractivity contribution in [3.8, 4) is 0 Å². The van der Waals surface area contributed by atoms with Gasteiger partial charge in [-0.1, -0.05) is 26.2 Å². The molecule has 1 heterocycles. The second-order valence-corrected chi connectivity index (χ2v) is 4.84. The number of aliphatic imine (C=N–C) groups is 1. The van der Waals surface area contributed by atoms with E-state index in [9.17, 15) is 0 Å². The quantitative estimate of drug-likeness (QED) is 0.394. The molecule has 0 saturated carbocycles. The minimum absolute atomic E-state index is 0.450. The number of nitrogens with one attached hydrogen (secondary N) is 1. The number of hydrogen-bond donors (Lipinski definition) is 2. The molecule has 1 fully saturated rings. The minimum atomic E-state index is -0.450. The Kier molecular flexibility index (Phi) is 7.05. The van der Waals surface area contributed by atoms with Crippen molar-refractivity contribution in [2.45, 2.75) is 51.7 Å². The van der Waals surface area contributed by atoms with Gasteiger partial charge in [-0.15, -0.1) is 0 Å². The molecule has 0 aromatic rings. The molecule has 18 heavy (non-hydrogen) atoms. The lowest BCUT2D eigenvalue weighted by Crippen LogP contribution is -2.37. The van der Waals surface area contributed by atoms with Crippen molar-refractivity contribution < 1.29 is 9.47 Å². The zero-order valence-electron chi connectivity index (χ0n) is 11.7. The summed E-state index contributed by atoms with van der Waals surface area (Å²) in [6.07, 6.45) is 5.64. The third-order valence-corrected chi connectivity index (χ3v) is 3.08. The maximum atomic E-state index is 5.77. The predicted octanol–water partition coefficient (Wildman–Crippen LogP) is 1.62. The Hall–Kier alpha value is -0.810. The van der Waals surface area contributed by atoms with E-state index in [1.165, 1.54) is 19.3 Å². The highest BCUT2D eigenvalue weighted by Crippen LogP contribution is 2.21. The Morgan fingerprint density at radius 1 is 1.28 bits per heavy atom. The highest BCUT2D eigenvalue weighted by molar-refractivity contribution is 5.77. The van der Waals surface area contributed by atoms with Crippen LogP contribution in [0.25, 0.3) is 0 Å². The summed E-state index contributed by atoms with van der Waals surface area (Å²) in [5, 5.41) is 3.09. The first-order chi connectivity index (χ1) is 8.66. The molecule has 0 aromatic heterocycles. The Morgan fingerprint density at radius 2 is 2.00 bits per heavy atom. The van der Waals surface area contributed by atoms with Crippen LogP contribution in [-0.2, 0) is 9.47 Å². The van der Waals surface area contributed by atoms with Crippen molar-refractivity contribution in [2.75, 3.05) is 26.3 Å². The van der Waals surface area contributed by atoms with E-state index in [0.29, 0.717) is 19.2 Å². The van der Waals surface area contributed by atoms with Crippen LogP contribution < -0.4 is 11.1 Å². The minimum Gasteiger partial charge on any atom is -0.370 e. The van der Waals surface area contributed by atoms with Gasteiger partial charge in [-0.2, -0.15) is 0 Å². The van der Waals surface area contributed by atoms with Gasteiger partial charge in [0.05, 0.1) is 13.2 Å². The van der Waals surface area contributed by atoms with E-state index in [1.54, 1.807) is 0 Å². The van der Waals surface area contributed by atoms with Crippen LogP contribution in [0, 0.1) is 0 Å². The molecule has 0 radical (unpaired) electrons. The van der Waals surface area contributed by atoms with E-state index in [2.05, 4.69) is 17.2 Å². The molecule has 1 aliphatic heterocycles. The van der Waals surface area contributed by atoms with Crippen LogP contribution in [0.15, 0.2) is 4.99 Å². The first kappa shape index (κ1) is 15.2.